The Morgan fingerprint density at radius 2 is 1.87 bits per heavy atom. The Hall–Kier alpha value is -1.43. The average molecular weight is 209 g/mol. The smallest absolute Gasteiger partial charge is 0.191 e. The van der Waals surface area contributed by atoms with Crippen LogP contribution in [-0.4, -0.2) is 0 Å². The minimum Gasteiger partial charge on any atom is -0.191 e. The fourth-order valence-electron chi connectivity index (χ4n) is 1.32. The third kappa shape index (κ3) is 2.53. The fourth-order valence-corrected chi connectivity index (χ4v) is 1.32. The van der Waals surface area contributed by atoms with Crippen LogP contribution in [0.2, 0.25) is 0 Å². The van der Waals surface area contributed by atoms with Crippen LogP contribution < -0.4 is 0 Å². The molecule has 0 aromatic heterocycles. The van der Waals surface area contributed by atoms with Crippen LogP contribution in [0.1, 0.15) is 37.3 Å². The van der Waals surface area contributed by atoms with Crippen LogP contribution in [0.3, 0.4) is 0 Å². The lowest BCUT2D eigenvalue weighted by molar-refractivity contribution is 0.0613. The standard InChI is InChI=1S/C12H13F2N/c1-3-9(2)10-4-6-11(7-5-10)12(13,14)8-15/h4-7,9H,3H2,1-2H3. The molecule has 1 aromatic carbocycles. The van der Waals surface area contributed by atoms with E-state index in [0.717, 1.165) is 18.1 Å². The van der Waals surface area contributed by atoms with Gasteiger partial charge in [-0.3, -0.25) is 0 Å². The summed E-state index contributed by atoms with van der Waals surface area (Å²) in [6, 6.07) is 6.96. The minimum atomic E-state index is -3.38. The van der Waals surface area contributed by atoms with Crippen molar-refractivity contribution >= 4 is 0 Å². The summed E-state index contributed by atoms with van der Waals surface area (Å²) in [4.78, 5) is 0. The van der Waals surface area contributed by atoms with Gasteiger partial charge in [-0.05, 0) is 17.9 Å². The molecule has 0 fully saturated rings. The van der Waals surface area contributed by atoms with Crippen LogP contribution >= 0.6 is 0 Å². The Balaban J connectivity index is 2.96. The van der Waals surface area contributed by atoms with Crippen molar-refractivity contribution in [1.82, 2.24) is 0 Å². The van der Waals surface area contributed by atoms with Gasteiger partial charge in [0.1, 0.15) is 6.07 Å². The van der Waals surface area contributed by atoms with Crippen LogP contribution in [0.15, 0.2) is 24.3 Å². The van der Waals surface area contributed by atoms with Crippen LogP contribution in [-0.2, 0) is 5.92 Å². The number of nitrogens with zero attached hydrogens (tertiary/aromatic N) is 1. The highest BCUT2D eigenvalue weighted by atomic mass is 19.3. The second-order valence-electron chi connectivity index (χ2n) is 3.62. The molecule has 0 aliphatic rings. The predicted molar refractivity (Wildman–Crippen MR) is 54.7 cm³/mol. The summed E-state index contributed by atoms with van der Waals surface area (Å²) in [6.07, 6.45) is 0.966. The van der Waals surface area contributed by atoms with E-state index in [2.05, 4.69) is 0 Å². The van der Waals surface area contributed by atoms with Gasteiger partial charge in [0.15, 0.2) is 0 Å². The molecule has 3 heteroatoms. The highest BCUT2D eigenvalue weighted by Crippen LogP contribution is 2.28. The summed E-state index contributed by atoms with van der Waals surface area (Å²) in [5, 5.41) is 8.27. The molecule has 15 heavy (non-hydrogen) atoms. The zero-order valence-electron chi connectivity index (χ0n) is 8.80. The molecule has 1 rings (SSSR count). The van der Waals surface area contributed by atoms with E-state index in [1.165, 1.54) is 12.1 Å². The van der Waals surface area contributed by atoms with E-state index in [9.17, 15) is 8.78 Å². The summed E-state index contributed by atoms with van der Waals surface area (Å²) >= 11 is 0. The molecule has 0 heterocycles. The van der Waals surface area contributed by atoms with Crippen molar-refractivity contribution in [3.8, 4) is 6.07 Å². The first-order chi connectivity index (χ1) is 7.01. The molecule has 0 bridgehead atoms. The van der Waals surface area contributed by atoms with Crippen molar-refractivity contribution in [2.75, 3.05) is 0 Å². The Labute approximate surface area is 88.3 Å². The Kier molecular flexibility index (Phi) is 3.41. The van der Waals surface area contributed by atoms with Gasteiger partial charge in [0.25, 0.3) is 0 Å². The highest BCUT2D eigenvalue weighted by Gasteiger charge is 2.30. The number of hydrogen-bond acceptors (Lipinski definition) is 1. The van der Waals surface area contributed by atoms with Gasteiger partial charge in [-0.2, -0.15) is 14.0 Å². The first kappa shape index (κ1) is 11.6. The molecule has 1 aromatic rings. The lowest BCUT2D eigenvalue weighted by Crippen LogP contribution is -2.09. The van der Waals surface area contributed by atoms with Crippen molar-refractivity contribution in [3.63, 3.8) is 0 Å². The van der Waals surface area contributed by atoms with E-state index < -0.39 is 5.92 Å². The molecule has 0 amide bonds. The SMILES string of the molecule is CCC(C)c1ccc(C(F)(F)C#N)cc1. The molecular weight excluding hydrogens is 196 g/mol. The van der Waals surface area contributed by atoms with Crippen molar-refractivity contribution in [1.29, 1.82) is 5.26 Å². The maximum atomic E-state index is 12.9. The number of benzene rings is 1. The number of alkyl halides is 2. The number of rotatable bonds is 3. The number of nitriles is 1. The maximum Gasteiger partial charge on any atom is 0.357 e. The first-order valence-corrected chi connectivity index (χ1v) is 4.90. The topological polar surface area (TPSA) is 23.8 Å². The molecule has 80 valence electrons. The monoisotopic (exact) mass is 209 g/mol. The van der Waals surface area contributed by atoms with Gasteiger partial charge < -0.3 is 0 Å². The molecule has 0 saturated carbocycles. The summed E-state index contributed by atoms with van der Waals surface area (Å²) in [7, 11) is 0. The average Bonchev–Trinajstić information content (AvgIpc) is 2.28. The van der Waals surface area contributed by atoms with E-state index in [4.69, 9.17) is 5.26 Å². The van der Waals surface area contributed by atoms with Gasteiger partial charge in [0.2, 0.25) is 0 Å². The van der Waals surface area contributed by atoms with Crippen LogP contribution in [0.4, 0.5) is 8.78 Å². The van der Waals surface area contributed by atoms with Crippen molar-refractivity contribution in [3.05, 3.63) is 35.4 Å². The quantitative estimate of drug-likeness (QED) is 0.742. The molecular formula is C12H13F2N. The molecule has 0 radical (unpaired) electrons. The number of halogens is 2. The van der Waals surface area contributed by atoms with Gasteiger partial charge in [0, 0.05) is 5.56 Å². The maximum absolute atomic E-state index is 12.9. The molecule has 1 nitrogen and oxygen atoms in total. The molecule has 0 saturated heterocycles. The Bertz CT molecular complexity index is 362. The second kappa shape index (κ2) is 4.39. The van der Waals surface area contributed by atoms with Gasteiger partial charge in [0.05, 0.1) is 0 Å². The van der Waals surface area contributed by atoms with E-state index in [1.54, 1.807) is 12.1 Å². The van der Waals surface area contributed by atoms with Crippen molar-refractivity contribution in [2.45, 2.75) is 32.1 Å². The van der Waals surface area contributed by atoms with Gasteiger partial charge in [-0.1, -0.05) is 38.1 Å². The normalized spacial score (nSPS) is 13.3. The summed E-state index contributed by atoms with van der Waals surface area (Å²) in [5.74, 6) is -3.02. The summed E-state index contributed by atoms with van der Waals surface area (Å²) in [6.45, 7) is 4.08. The predicted octanol–water partition coefficient (Wildman–Crippen LogP) is 3.82. The fraction of sp³-hybridized carbons (Fsp3) is 0.417. The molecule has 0 N–H and O–H groups in total. The Morgan fingerprint density at radius 1 is 1.33 bits per heavy atom. The lowest BCUT2D eigenvalue weighted by Gasteiger charge is -2.11. The molecule has 1 atom stereocenters. The molecule has 1 unspecified atom stereocenters. The van der Waals surface area contributed by atoms with E-state index in [-0.39, 0.29) is 5.56 Å². The summed E-state index contributed by atoms with van der Waals surface area (Å²) in [5.41, 5.74) is 0.784. The van der Waals surface area contributed by atoms with Crippen molar-refractivity contribution in [2.24, 2.45) is 0 Å². The second-order valence-corrected chi connectivity index (χ2v) is 3.62. The lowest BCUT2D eigenvalue weighted by atomic mass is 9.96. The molecule has 0 aliphatic heterocycles. The van der Waals surface area contributed by atoms with E-state index in [1.807, 2.05) is 13.8 Å². The van der Waals surface area contributed by atoms with Gasteiger partial charge >= 0.3 is 5.92 Å². The van der Waals surface area contributed by atoms with Gasteiger partial charge in [-0.15, -0.1) is 0 Å². The van der Waals surface area contributed by atoms with Crippen LogP contribution in [0, 0.1) is 11.3 Å². The van der Waals surface area contributed by atoms with Gasteiger partial charge in [-0.25, -0.2) is 0 Å². The van der Waals surface area contributed by atoms with Crippen molar-refractivity contribution < 1.29 is 8.78 Å². The van der Waals surface area contributed by atoms with E-state index >= 15 is 0 Å². The Morgan fingerprint density at radius 3 is 2.27 bits per heavy atom. The molecule has 0 spiro atoms. The first-order valence-electron chi connectivity index (χ1n) is 4.90. The number of hydrogen-bond donors (Lipinski definition) is 0. The third-order valence-electron chi connectivity index (χ3n) is 2.60. The summed E-state index contributed by atoms with van der Waals surface area (Å²) < 4.78 is 25.9. The molecule has 0 aliphatic carbocycles. The van der Waals surface area contributed by atoms with E-state index in [0.29, 0.717) is 5.92 Å². The zero-order valence-corrected chi connectivity index (χ0v) is 8.80. The van der Waals surface area contributed by atoms with Crippen LogP contribution in [0.25, 0.3) is 0 Å². The largest absolute Gasteiger partial charge is 0.357 e. The third-order valence-corrected chi connectivity index (χ3v) is 2.60. The zero-order chi connectivity index (χ0) is 11.5. The van der Waals surface area contributed by atoms with Crippen LogP contribution in [0.5, 0.6) is 0 Å². The highest BCUT2D eigenvalue weighted by molar-refractivity contribution is 5.30. The minimum absolute atomic E-state index is 0.239.